The summed E-state index contributed by atoms with van der Waals surface area (Å²) in [7, 11) is -1.60. The molecule has 1 aliphatic heterocycles. The van der Waals surface area contributed by atoms with E-state index in [2.05, 4.69) is 4.90 Å². The third-order valence-electron chi connectivity index (χ3n) is 8.69. The summed E-state index contributed by atoms with van der Waals surface area (Å²) in [4.78, 5) is 16.4. The summed E-state index contributed by atoms with van der Waals surface area (Å²) >= 11 is 0. The summed E-state index contributed by atoms with van der Waals surface area (Å²) in [6, 6.07) is 11.8. The van der Waals surface area contributed by atoms with Gasteiger partial charge in [0.25, 0.3) is 0 Å². The molecular formula is C31H40F2N2O4S. The zero-order valence-corrected chi connectivity index (χ0v) is 24.3. The summed E-state index contributed by atoms with van der Waals surface area (Å²) < 4.78 is 52.7. The molecule has 0 aromatic heterocycles. The molecule has 0 bridgehead atoms. The quantitative estimate of drug-likeness (QED) is 0.289. The van der Waals surface area contributed by atoms with Gasteiger partial charge in [-0.25, -0.2) is 22.0 Å². The summed E-state index contributed by atoms with van der Waals surface area (Å²) in [5.74, 6) is -0.922. The molecule has 1 heterocycles. The van der Waals surface area contributed by atoms with Crippen LogP contribution in [0.2, 0.25) is 0 Å². The van der Waals surface area contributed by atoms with Crippen LogP contribution in [0.3, 0.4) is 0 Å². The molecule has 0 spiro atoms. The van der Waals surface area contributed by atoms with E-state index in [0.29, 0.717) is 18.0 Å². The van der Waals surface area contributed by atoms with Gasteiger partial charge >= 0.3 is 5.97 Å². The Morgan fingerprint density at radius 3 is 2.30 bits per heavy atom. The first-order valence-corrected chi connectivity index (χ1v) is 15.7. The van der Waals surface area contributed by atoms with Crippen LogP contribution in [-0.4, -0.2) is 67.8 Å². The number of carbonyl (C=O) groups is 1. The molecule has 218 valence electrons. The third kappa shape index (κ3) is 7.29. The van der Waals surface area contributed by atoms with Crippen molar-refractivity contribution >= 4 is 15.8 Å². The second-order valence-electron chi connectivity index (χ2n) is 11.6. The predicted octanol–water partition coefficient (Wildman–Crippen LogP) is 5.71. The Balaban J connectivity index is 1.38. The molecule has 0 radical (unpaired) electrons. The number of carboxylic acid groups (broad SMARTS) is 1. The van der Waals surface area contributed by atoms with Crippen molar-refractivity contribution in [1.82, 2.24) is 9.80 Å². The van der Waals surface area contributed by atoms with Crippen LogP contribution >= 0.6 is 0 Å². The fraction of sp³-hybridized carbons (Fsp3) is 0.516. The second kappa shape index (κ2) is 12.8. The summed E-state index contributed by atoms with van der Waals surface area (Å²) in [6.45, 7) is 6.19. The number of likely N-dealkylation sites (N-methyl/N-ethyl adjacent to an activating group) is 1. The van der Waals surface area contributed by atoms with Crippen LogP contribution in [-0.2, 0) is 14.6 Å². The van der Waals surface area contributed by atoms with Gasteiger partial charge in [0.05, 0.1) is 10.6 Å². The smallest absolute Gasteiger partial charge is 0.352 e. The largest absolute Gasteiger partial charge is 0.477 e. The number of piperidine rings is 1. The molecule has 2 fully saturated rings. The van der Waals surface area contributed by atoms with Crippen molar-refractivity contribution in [3.63, 3.8) is 0 Å². The van der Waals surface area contributed by atoms with Crippen molar-refractivity contribution in [2.24, 2.45) is 11.8 Å². The van der Waals surface area contributed by atoms with E-state index in [-0.39, 0.29) is 34.3 Å². The number of sulfone groups is 1. The highest BCUT2D eigenvalue weighted by Crippen LogP contribution is 2.43. The van der Waals surface area contributed by atoms with Crippen LogP contribution < -0.4 is 0 Å². The number of hydrogen-bond donors (Lipinski definition) is 1. The van der Waals surface area contributed by atoms with Crippen molar-refractivity contribution in [3.8, 4) is 0 Å². The molecule has 1 unspecified atom stereocenters. The van der Waals surface area contributed by atoms with Crippen LogP contribution in [0.4, 0.5) is 8.78 Å². The van der Waals surface area contributed by atoms with E-state index < -0.39 is 21.6 Å². The van der Waals surface area contributed by atoms with Gasteiger partial charge in [-0.1, -0.05) is 12.1 Å². The first kappa shape index (κ1) is 30.2. The SMILES string of the molecule is CC(C)=C(C(=O)O)N(C)[C@H]1CC(CN2CCC(CCS(=O)(=O)c3ccc(F)cc3)CC2)[C@@H](c2cccc(F)c2)C1. The maximum atomic E-state index is 14.2. The maximum absolute atomic E-state index is 14.2. The van der Waals surface area contributed by atoms with Crippen molar-refractivity contribution in [3.05, 3.63) is 77.0 Å². The van der Waals surface area contributed by atoms with Crippen molar-refractivity contribution in [2.45, 2.75) is 62.8 Å². The van der Waals surface area contributed by atoms with Crippen LogP contribution in [0.5, 0.6) is 0 Å². The number of allylic oxidation sites excluding steroid dienone is 1. The molecule has 1 aliphatic carbocycles. The van der Waals surface area contributed by atoms with Gasteiger partial charge in [0.1, 0.15) is 17.3 Å². The molecule has 2 aliphatic rings. The van der Waals surface area contributed by atoms with Gasteiger partial charge in [0.15, 0.2) is 9.84 Å². The highest BCUT2D eigenvalue weighted by molar-refractivity contribution is 7.91. The number of likely N-dealkylation sites (tertiary alicyclic amines) is 1. The summed E-state index contributed by atoms with van der Waals surface area (Å²) in [5.41, 5.74) is 2.03. The van der Waals surface area contributed by atoms with E-state index in [0.717, 1.165) is 56.5 Å². The molecule has 40 heavy (non-hydrogen) atoms. The molecule has 3 atom stereocenters. The lowest BCUT2D eigenvalue weighted by Gasteiger charge is -2.35. The molecule has 1 saturated heterocycles. The average Bonchev–Trinajstić information content (AvgIpc) is 3.32. The van der Waals surface area contributed by atoms with Crippen molar-refractivity contribution in [1.29, 1.82) is 0 Å². The van der Waals surface area contributed by atoms with Gasteiger partial charge in [-0.2, -0.15) is 0 Å². The normalized spacial score (nSPS) is 22.3. The predicted molar refractivity (Wildman–Crippen MR) is 152 cm³/mol. The highest BCUT2D eigenvalue weighted by atomic mass is 32.2. The lowest BCUT2D eigenvalue weighted by atomic mass is 9.87. The van der Waals surface area contributed by atoms with Crippen LogP contribution in [0.1, 0.15) is 57.4 Å². The molecule has 1 saturated carbocycles. The maximum Gasteiger partial charge on any atom is 0.352 e. The van der Waals surface area contributed by atoms with Gasteiger partial charge < -0.3 is 14.9 Å². The van der Waals surface area contributed by atoms with Crippen LogP contribution in [0.25, 0.3) is 0 Å². The Morgan fingerprint density at radius 1 is 1.02 bits per heavy atom. The molecule has 9 heteroatoms. The Labute approximate surface area is 236 Å². The molecule has 4 rings (SSSR count). The van der Waals surface area contributed by atoms with Gasteiger partial charge in [0, 0.05) is 19.6 Å². The van der Waals surface area contributed by atoms with E-state index in [4.69, 9.17) is 0 Å². The van der Waals surface area contributed by atoms with Gasteiger partial charge in [-0.3, -0.25) is 0 Å². The lowest BCUT2D eigenvalue weighted by molar-refractivity contribution is -0.134. The fourth-order valence-electron chi connectivity index (χ4n) is 6.53. The van der Waals surface area contributed by atoms with E-state index in [1.165, 1.54) is 30.3 Å². The molecule has 6 nitrogen and oxygen atoms in total. The van der Waals surface area contributed by atoms with E-state index >= 15 is 0 Å². The van der Waals surface area contributed by atoms with Crippen molar-refractivity contribution in [2.75, 3.05) is 32.4 Å². The van der Waals surface area contributed by atoms with E-state index in [1.807, 2.05) is 31.9 Å². The monoisotopic (exact) mass is 574 g/mol. The fourth-order valence-corrected chi connectivity index (χ4v) is 7.96. The van der Waals surface area contributed by atoms with Gasteiger partial charge in [0.2, 0.25) is 0 Å². The minimum absolute atomic E-state index is 0.0356. The number of rotatable bonds is 10. The lowest BCUT2D eigenvalue weighted by Crippen LogP contribution is -2.38. The zero-order chi connectivity index (χ0) is 29.0. The molecule has 0 amide bonds. The second-order valence-corrected chi connectivity index (χ2v) is 13.7. The van der Waals surface area contributed by atoms with Gasteiger partial charge in [-0.15, -0.1) is 0 Å². The Hall–Kier alpha value is -2.78. The zero-order valence-electron chi connectivity index (χ0n) is 23.5. The standard InChI is InChI=1S/C31H40F2N2O4S/c1-21(2)30(31(36)37)34(3)27-18-24(29(19-27)23-5-4-6-26(33)17-23)20-35-14-11-22(12-15-35)13-16-40(38,39)28-9-7-25(32)8-10-28/h4-10,17,22,24,27,29H,11-16,18-20H2,1-3H3,(H,36,37)/t24?,27-,29+/m0/s1. The van der Waals surface area contributed by atoms with E-state index in [1.54, 1.807) is 12.1 Å². The number of benzene rings is 2. The Bertz CT molecular complexity index is 1320. The third-order valence-corrected chi connectivity index (χ3v) is 10.5. The van der Waals surface area contributed by atoms with Crippen molar-refractivity contribution < 1.29 is 27.1 Å². The first-order chi connectivity index (χ1) is 18.9. The molecular weight excluding hydrogens is 534 g/mol. The van der Waals surface area contributed by atoms with E-state index in [9.17, 15) is 27.1 Å². The topological polar surface area (TPSA) is 77.9 Å². The number of nitrogens with zero attached hydrogens (tertiary/aromatic N) is 2. The average molecular weight is 575 g/mol. The molecule has 2 aromatic rings. The minimum atomic E-state index is -3.44. The first-order valence-electron chi connectivity index (χ1n) is 14.0. The molecule has 2 aromatic carbocycles. The Morgan fingerprint density at radius 2 is 1.70 bits per heavy atom. The number of aliphatic carboxylic acids is 1. The number of carboxylic acids is 1. The van der Waals surface area contributed by atoms with Crippen LogP contribution in [0, 0.1) is 23.5 Å². The van der Waals surface area contributed by atoms with Crippen LogP contribution in [0.15, 0.2) is 64.7 Å². The summed E-state index contributed by atoms with van der Waals surface area (Å²) in [5, 5.41) is 9.81. The number of halogens is 2. The molecule has 1 N–H and O–H groups in total. The summed E-state index contributed by atoms with van der Waals surface area (Å²) in [6.07, 6.45) is 3.96. The highest BCUT2D eigenvalue weighted by Gasteiger charge is 2.40. The number of hydrogen-bond acceptors (Lipinski definition) is 5. The Kier molecular flexibility index (Phi) is 9.67. The van der Waals surface area contributed by atoms with Gasteiger partial charge in [-0.05, 0) is 124 Å². The minimum Gasteiger partial charge on any atom is -0.477 e.